The Hall–Kier alpha value is -7.61. The molecule has 358 valence electrons. The van der Waals surface area contributed by atoms with Crippen LogP contribution >= 0.6 is 0 Å². The summed E-state index contributed by atoms with van der Waals surface area (Å²) < 4.78 is 0. The summed E-state index contributed by atoms with van der Waals surface area (Å²) in [6.07, 6.45) is 9.16. The Morgan fingerprint density at radius 2 is 1.07 bits per heavy atom. The predicted molar refractivity (Wildman–Crippen MR) is 312 cm³/mol. The van der Waals surface area contributed by atoms with Crippen LogP contribution in [-0.2, 0) is 11.8 Å². The van der Waals surface area contributed by atoms with Gasteiger partial charge < -0.3 is 0 Å². The van der Waals surface area contributed by atoms with Gasteiger partial charge in [-0.1, -0.05) is 209 Å². The van der Waals surface area contributed by atoms with Gasteiger partial charge in [0.05, 0.1) is 5.71 Å². The maximum absolute atomic E-state index is 5.02. The van der Waals surface area contributed by atoms with Crippen LogP contribution in [0.1, 0.15) is 102 Å². The molecule has 0 aliphatic heterocycles. The van der Waals surface area contributed by atoms with Crippen LogP contribution in [0.2, 0.25) is 0 Å². The number of hydrogen-bond acceptors (Lipinski definition) is 1. The molecule has 11 rings (SSSR count). The molecule has 0 N–H and O–H groups in total. The van der Waals surface area contributed by atoms with Crippen LogP contribution in [-0.4, -0.2) is 5.71 Å². The number of fused-ring (bicyclic) bond motifs is 5. The molecule has 1 heteroatoms. The van der Waals surface area contributed by atoms with E-state index in [0.29, 0.717) is 5.92 Å². The highest BCUT2D eigenvalue weighted by Crippen LogP contribution is 2.50. The van der Waals surface area contributed by atoms with Crippen molar-refractivity contribution in [2.75, 3.05) is 0 Å². The van der Waals surface area contributed by atoms with E-state index >= 15 is 0 Å². The third-order valence-electron chi connectivity index (χ3n) is 15.0. The topological polar surface area (TPSA) is 12.4 Å². The predicted octanol–water partition coefficient (Wildman–Crippen LogP) is 19.2. The molecule has 3 aliphatic rings. The largest absolute Gasteiger partial charge is 0.254 e. The minimum Gasteiger partial charge on any atom is -0.254 e. The van der Waals surface area contributed by atoms with Crippen molar-refractivity contribution in [1.82, 2.24) is 0 Å². The lowest BCUT2D eigenvalue weighted by Crippen LogP contribution is -2.15. The van der Waals surface area contributed by atoms with E-state index in [0.717, 1.165) is 24.3 Å². The highest BCUT2D eigenvalue weighted by molar-refractivity contribution is 6.17. The Labute approximate surface area is 430 Å². The van der Waals surface area contributed by atoms with Crippen molar-refractivity contribution in [2.45, 2.75) is 87.5 Å². The first-order valence-corrected chi connectivity index (χ1v) is 25.7. The van der Waals surface area contributed by atoms with Crippen molar-refractivity contribution in [2.24, 2.45) is 10.9 Å². The molecule has 8 aromatic rings. The average molecular weight is 936 g/mol. The van der Waals surface area contributed by atoms with Gasteiger partial charge in [-0.05, 0) is 197 Å². The van der Waals surface area contributed by atoms with Crippen LogP contribution in [0, 0.1) is 40.5 Å². The number of benzene rings is 8. The first-order chi connectivity index (χ1) is 34.7. The molecule has 1 atom stereocenters. The molecule has 3 aliphatic carbocycles. The van der Waals surface area contributed by atoms with Gasteiger partial charge in [0.15, 0.2) is 0 Å². The normalized spacial score (nSPS) is 15.1. The lowest BCUT2D eigenvalue weighted by Gasteiger charge is -2.21. The van der Waals surface area contributed by atoms with E-state index in [1.54, 1.807) is 0 Å². The van der Waals surface area contributed by atoms with Crippen LogP contribution in [0.25, 0.3) is 55.7 Å². The van der Waals surface area contributed by atoms with Gasteiger partial charge in [0.1, 0.15) is 0 Å². The van der Waals surface area contributed by atoms with Crippen molar-refractivity contribution in [3.63, 3.8) is 0 Å². The Kier molecular flexibility index (Phi) is 14.4. The van der Waals surface area contributed by atoms with Crippen molar-refractivity contribution in [1.29, 1.82) is 0 Å². The first-order valence-electron chi connectivity index (χ1n) is 25.7. The number of rotatable bonds is 7. The summed E-state index contributed by atoms with van der Waals surface area (Å²) in [6.45, 7) is 26.2. The minimum atomic E-state index is -0.0383. The van der Waals surface area contributed by atoms with Crippen LogP contribution in [0.3, 0.4) is 0 Å². The molecule has 0 heterocycles. The van der Waals surface area contributed by atoms with Crippen LogP contribution in [0.15, 0.2) is 217 Å². The van der Waals surface area contributed by atoms with Gasteiger partial charge in [0.2, 0.25) is 0 Å². The Morgan fingerprint density at radius 3 is 1.65 bits per heavy atom. The van der Waals surface area contributed by atoms with Gasteiger partial charge >= 0.3 is 0 Å². The lowest BCUT2D eigenvalue weighted by atomic mass is 9.82. The molecule has 1 unspecified atom stereocenters. The lowest BCUT2D eigenvalue weighted by molar-refractivity contribution is 0.660. The Balaban J connectivity index is 0.000000161. The molecule has 0 fully saturated rings. The van der Waals surface area contributed by atoms with Gasteiger partial charge in [0.25, 0.3) is 0 Å². The third-order valence-corrected chi connectivity index (χ3v) is 15.0. The molecule has 0 aromatic heterocycles. The summed E-state index contributed by atoms with van der Waals surface area (Å²) in [5.41, 5.74) is 31.1. The highest BCUT2D eigenvalue weighted by Gasteiger charge is 2.37. The van der Waals surface area contributed by atoms with Gasteiger partial charge in [-0.2, -0.15) is 0 Å². The van der Waals surface area contributed by atoms with Gasteiger partial charge in [0, 0.05) is 16.7 Å². The minimum absolute atomic E-state index is 0.0383. The molecule has 0 saturated carbocycles. The van der Waals surface area contributed by atoms with Crippen molar-refractivity contribution in [3.8, 4) is 44.5 Å². The standard InChI is InChI=1S/C36H35N.C28H26.C7H8/c1-22(2)37-33(29-14-10-16-32-35(29)28-12-7-8-15-31(28)36(32,5)6)20-24(4)27-13-9-11-26-21-25-18-17-23(3)19-30(25)34(26)27;1-19-9-5-7-11-25(19)27-17-23(15-13-21(27)3)24-16-14-22(4)28(18-24)26-12-8-6-10-20(26)2;1-7-5-3-2-4-6-7/h7-18,20,23H,1,19,21H2,2-6H3;5-18H,1-4H3;2-6H,1H3/b24-20+,37-33?;;. The zero-order chi connectivity index (χ0) is 50.7. The maximum atomic E-state index is 5.02. The zero-order valence-corrected chi connectivity index (χ0v) is 44.1. The van der Waals surface area contributed by atoms with E-state index in [2.05, 4.69) is 245 Å². The van der Waals surface area contributed by atoms with Gasteiger partial charge in [-0.3, -0.25) is 4.99 Å². The van der Waals surface area contributed by atoms with Crippen molar-refractivity contribution in [3.05, 3.63) is 273 Å². The Bertz CT molecular complexity index is 3380. The van der Waals surface area contributed by atoms with E-state index in [-0.39, 0.29) is 5.41 Å². The van der Waals surface area contributed by atoms with Crippen molar-refractivity contribution >= 4 is 16.9 Å². The van der Waals surface area contributed by atoms with Crippen LogP contribution in [0.4, 0.5) is 0 Å². The molecule has 0 spiro atoms. The van der Waals surface area contributed by atoms with Crippen LogP contribution < -0.4 is 0 Å². The number of allylic oxidation sites excluding steroid dienone is 7. The maximum Gasteiger partial charge on any atom is 0.0714 e. The molecule has 0 saturated heterocycles. The number of nitrogens with zero attached hydrogens (tertiary/aromatic N) is 1. The van der Waals surface area contributed by atoms with E-state index in [9.17, 15) is 0 Å². The molecule has 1 nitrogen and oxygen atoms in total. The molecule has 0 radical (unpaired) electrons. The second-order valence-corrected chi connectivity index (χ2v) is 20.9. The summed E-state index contributed by atoms with van der Waals surface area (Å²) in [5.74, 6) is 0.581. The summed E-state index contributed by atoms with van der Waals surface area (Å²) in [4.78, 5) is 5.02. The SMILES string of the molecule is C=C(C)N=C(/C=C(\C)c1cccc2c1C1=C(C=CC(C)C1)C2)c1cccc2c1-c1ccccc1C2(C)C.Cc1ccccc1.Cc1ccccc1-c1cc(-c2ccc(C)c(-c3ccccc3C)c2)ccc1C. The number of hydrogen-bond donors (Lipinski definition) is 0. The molecular formula is C71H69N. The van der Waals surface area contributed by atoms with Gasteiger partial charge in [-0.15, -0.1) is 0 Å². The van der Waals surface area contributed by atoms with E-state index < -0.39 is 0 Å². The average Bonchev–Trinajstić information content (AvgIpc) is 3.86. The molecule has 0 bridgehead atoms. The van der Waals surface area contributed by atoms with E-state index in [1.165, 1.54) is 122 Å². The van der Waals surface area contributed by atoms with Gasteiger partial charge in [-0.25, -0.2) is 0 Å². The van der Waals surface area contributed by atoms with Crippen LogP contribution in [0.5, 0.6) is 0 Å². The number of aliphatic imine (C=N–C) groups is 1. The second-order valence-electron chi connectivity index (χ2n) is 20.9. The summed E-state index contributed by atoms with van der Waals surface area (Å²) in [7, 11) is 0. The summed E-state index contributed by atoms with van der Waals surface area (Å²) in [6, 6.07) is 63.5. The van der Waals surface area contributed by atoms with Crippen molar-refractivity contribution < 1.29 is 0 Å². The summed E-state index contributed by atoms with van der Waals surface area (Å²) >= 11 is 0. The molecule has 0 amide bonds. The summed E-state index contributed by atoms with van der Waals surface area (Å²) in [5, 5.41) is 0. The molecule has 8 aromatic carbocycles. The fourth-order valence-corrected chi connectivity index (χ4v) is 11.1. The smallest absolute Gasteiger partial charge is 0.0714 e. The monoisotopic (exact) mass is 936 g/mol. The second kappa shape index (κ2) is 21.0. The fourth-order valence-electron chi connectivity index (χ4n) is 11.1. The zero-order valence-electron chi connectivity index (χ0n) is 44.1. The third kappa shape index (κ3) is 10.1. The van der Waals surface area contributed by atoms with E-state index in [4.69, 9.17) is 4.99 Å². The molecule has 72 heavy (non-hydrogen) atoms. The number of aryl methyl sites for hydroxylation is 5. The first kappa shape index (κ1) is 49.4. The molecular weight excluding hydrogens is 867 g/mol. The highest BCUT2D eigenvalue weighted by atomic mass is 14.7. The quantitative estimate of drug-likeness (QED) is 0.141. The van der Waals surface area contributed by atoms with E-state index in [1.807, 2.05) is 25.1 Å². The Morgan fingerprint density at radius 1 is 0.542 bits per heavy atom. The fraction of sp³-hybridized carbons (Fsp3) is 0.197.